The molecule has 17 heavy (non-hydrogen) atoms. The van der Waals surface area contributed by atoms with Crippen molar-refractivity contribution in [2.75, 3.05) is 0 Å². The van der Waals surface area contributed by atoms with Crippen molar-refractivity contribution in [1.82, 2.24) is 0 Å². The zero-order chi connectivity index (χ0) is 11.8. The van der Waals surface area contributed by atoms with Crippen LogP contribution in [0.4, 0.5) is 0 Å². The van der Waals surface area contributed by atoms with Gasteiger partial charge in [0.05, 0.1) is 0 Å². The lowest BCUT2D eigenvalue weighted by atomic mass is 9.96. The van der Waals surface area contributed by atoms with Gasteiger partial charge < -0.3 is 5.73 Å². The Morgan fingerprint density at radius 2 is 1.82 bits per heavy atom. The van der Waals surface area contributed by atoms with Crippen molar-refractivity contribution >= 4 is 22.4 Å². The van der Waals surface area contributed by atoms with Crippen LogP contribution < -0.4 is 5.73 Å². The molecule has 0 heterocycles. The number of nitrogens with two attached hydrogens (primary N) is 1. The highest BCUT2D eigenvalue weighted by Gasteiger charge is 2.25. The lowest BCUT2D eigenvalue weighted by Gasteiger charge is -2.15. The molecule has 1 unspecified atom stereocenters. The van der Waals surface area contributed by atoms with Gasteiger partial charge in [-0.05, 0) is 29.4 Å². The Hall–Kier alpha value is -1.05. The molecule has 1 atom stereocenters. The maximum absolute atomic E-state index is 6.31. The first kappa shape index (κ1) is 11.1. The quantitative estimate of drug-likeness (QED) is 0.858. The molecule has 1 fully saturated rings. The first-order chi connectivity index (χ1) is 8.25. The number of halogens is 1. The summed E-state index contributed by atoms with van der Waals surface area (Å²) in [5, 5.41) is 3.12. The fraction of sp³-hybridized carbons (Fsp3) is 0.333. The summed E-state index contributed by atoms with van der Waals surface area (Å²) in [6.45, 7) is 0. The van der Waals surface area contributed by atoms with Crippen LogP contribution in [0.1, 0.15) is 30.9 Å². The topological polar surface area (TPSA) is 26.0 Å². The highest BCUT2D eigenvalue weighted by atomic mass is 35.5. The van der Waals surface area contributed by atoms with Crippen molar-refractivity contribution in [1.29, 1.82) is 0 Å². The summed E-state index contributed by atoms with van der Waals surface area (Å²) in [7, 11) is 0. The second kappa shape index (κ2) is 4.32. The van der Waals surface area contributed by atoms with Gasteiger partial charge in [-0.3, -0.25) is 0 Å². The molecule has 0 spiro atoms. The molecule has 0 aromatic heterocycles. The number of benzene rings is 2. The summed E-state index contributed by atoms with van der Waals surface area (Å²) in [5.41, 5.74) is 7.54. The minimum atomic E-state index is 0.143. The smallest absolute Gasteiger partial charge is 0.0484 e. The highest BCUT2D eigenvalue weighted by molar-refractivity contribution is 6.35. The van der Waals surface area contributed by atoms with Crippen LogP contribution in [-0.4, -0.2) is 0 Å². The Labute approximate surface area is 107 Å². The largest absolute Gasteiger partial charge is 0.324 e. The summed E-state index contributed by atoms with van der Waals surface area (Å²) >= 11 is 6.21. The zero-order valence-electron chi connectivity index (χ0n) is 9.70. The van der Waals surface area contributed by atoms with Gasteiger partial charge in [-0.2, -0.15) is 0 Å². The molecule has 2 aromatic rings. The summed E-state index contributed by atoms with van der Waals surface area (Å²) in [4.78, 5) is 0. The van der Waals surface area contributed by atoms with E-state index in [2.05, 4.69) is 18.2 Å². The maximum atomic E-state index is 6.31. The zero-order valence-corrected chi connectivity index (χ0v) is 10.5. The van der Waals surface area contributed by atoms with Crippen LogP contribution in [-0.2, 0) is 0 Å². The Kier molecular flexibility index (Phi) is 2.81. The average Bonchev–Trinajstić information content (AvgIpc) is 3.14. The van der Waals surface area contributed by atoms with Crippen LogP contribution >= 0.6 is 11.6 Å². The molecule has 0 aliphatic heterocycles. The summed E-state index contributed by atoms with van der Waals surface area (Å²) in [6, 6.07) is 12.4. The van der Waals surface area contributed by atoms with Gasteiger partial charge in [0.25, 0.3) is 0 Å². The minimum Gasteiger partial charge on any atom is -0.324 e. The van der Waals surface area contributed by atoms with E-state index < -0.39 is 0 Å². The second-order valence-electron chi connectivity index (χ2n) is 4.97. The molecular formula is C15H16ClN. The van der Waals surface area contributed by atoms with Gasteiger partial charge in [-0.1, -0.05) is 54.8 Å². The van der Waals surface area contributed by atoms with Crippen molar-refractivity contribution in [3.63, 3.8) is 0 Å². The SMILES string of the molecule is NC(CC1CC1)c1ccc(Cl)c2ccccc12. The fourth-order valence-corrected chi connectivity index (χ4v) is 2.68. The molecule has 2 N–H and O–H groups in total. The minimum absolute atomic E-state index is 0.143. The van der Waals surface area contributed by atoms with Crippen molar-refractivity contribution in [3.05, 3.63) is 47.0 Å². The third-order valence-corrected chi connectivity index (χ3v) is 3.92. The first-order valence-electron chi connectivity index (χ1n) is 6.18. The van der Waals surface area contributed by atoms with Gasteiger partial charge in [0.1, 0.15) is 0 Å². The van der Waals surface area contributed by atoms with Gasteiger partial charge in [-0.15, -0.1) is 0 Å². The standard InChI is InChI=1S/C15H16ClN/c16-14-8-7-13(15(17)9-10-5-6-10)11-3-1-2-4-12(11)14/h1-4,7-8,10,15H,5-6,9,17H2. The Balaban J connectivity index is 2.05. The van der Waals surface area contributed by atoms with E-state index in [1.54, 1.807) is 0 Å². The van der Waals surface area contributed by atoms with Gasteiger partial charge in [0, 0.05) is 16.5 Å². The predicted octanol–water partition coefficient (Wildman–Crippen LogP) is 4.29. The van der Waals surface area contributed by atoms with Gasteiger partial charge in [-0.25, -0.2) is 0 Å². The molecule has 88 valence electrons. The van der Waals surface area contributed by atoms with E-state index >= 15 is 0 Å². The van der Waals surface area contributed by atoms with E-state index in [-0.39, 0.29) is 6.04 Å². The van der Waals surface area contributed by atoms with Crippen LogP contribution in [0.2, 0.25) is 5.02 Å². The van der Waals surface area contributed by atoms with Gasteiger partial charge >= 0.3 is 0 Å². The molecular weight excluding hydrogens is 230 g/mol. The third-order valence-electron chi connectivity index (χ3n) is 3.59. The highest BCUT2D eigenvalue weighted by Crippen LogP contribution is 2.38. The molecule has 3 rings (SSSR count). The van der Waals surface area contributed by atoms with Crippen molar-refractivity contribution in [2.45, 2.75) is 25.3 Å². The van der Waals surface area contributed by atoms with Crippen LogP contribution in [0.15, 0.2) is 36.4 Å². The average molecular weight is 246 g/mol. The molecule has 0 saturated heterocycles. The van der Waals surface area contributed by atoms with Crippen molar-refractivity contribution in [3.8, 4) is 0 Å². The van der Waals surface area contributed by atoms with E-state index in [0.29, 0.717) is 0 Å². The number of hydrogen-bond acceptors (Lipinski definition) is 1. The lowest BCUT2D eigenvalue weighted by Crippen LogP contribution is -2.11. The second-order valence-corrected chi connectivity index (χ2v) is 5.37. The lowest BCUT2D eigenvalue weighted by molar-refractivity contribution is 0.600. The van der Waals surface area contributed by atoms with E-state index in [1.807, 2.05) is 18.2 Å². The summed E-state index contributed by atoms with van der Waals surface area (Å²) in [6.07, 6.45) is 3.80. The number of fused-ring (bicyclic) bond motifs is 1. The van der Waals surface area contributed by atoms with Crippen molar-refractivity contribution in [2.24, 2.45) is 11.7 Å². The number of hydrogen-bond donors (Lipinski definition) is 1. The van der Waals surface area contributed by atoms with Crippen molar-refractivity contribution < 1.29 is 0 Å². The predicted molar refractivity (Wildman–Crippen MR) is 73.2 cm³/mol. The van der Waals surface area contributed by atoms with Crippen LogP contribution in [0.25, 0.3) is 10.8 Å². The van der Waals surface area contributed by atoms with E-state index in [4.69, 9.17) is 17.3 Å². The van der Waals surface area contributed by atoms with Crippen LogP contribution in [0.3, 0.4) is 0 Å². The molecule has 1 aliphatic rings. The summed E-state index contributed by atoms with van der Waals surface area (Å²) in [5.74, 6) is 0.847. The third kappa shape index (κ3) is 2.18. The molecule has 0 bridgehead atoms. The fourth-order valence-electron chi connectivity index (χ4n) is 2.45. The monoisotopic (exact) mass is 245 g/mol. The normalized spacial score (nSPS) is 17.3. The maximum Gasteiger partial charge on any atom is 0.0484 e. The molecule has 1 aliphatic carbocycles. The Morgan fingerprint density at radius 1 is 1.12 bits per heavy atom. The molecule has 0 amide bonds. The molecule has 2 heteroatoms. The van der Waals surface area contributed by atoms with E-state index in [0.717, 1.165) is 22.7 Å². The summed E-state index contributed by atoms with van der Waals surface area (Å²) < 4.78 is 0. The van der Waals surface area contributed by atoms with Gasteiger partial charge in [0.15, 0.2) is 0 Å². The van der Waals surface area contributed by atoms with Crippen LogP contribution in [0.5, 0.6) is 0 Å². The first-order valence-corrected chi connectivity index (χ1v) is 6.56. The Bertz CT molecular complexity index is 546. The molecule has 2 aromatic carbocycles. The van der Waals surface area contributed by atoms with E-state index in [1.165, 1.54) is 23.8 Å². The van der Waals surface area contributed by atoms with Gasteiger partial charge in [0.2, 0.25) is 0 Å². The van der Waals surface area contributed by atoms with Crippen LogP contribution in [0, 0.1) is 5.92 Å². The molecule has 1 saturated carbocycles. The van der Waals surface area contributed by atoms with E-state index in [9.17, 15) is 0 Å². The molecule has 0 radical (unpaired) electrons. The Morgan fingerprint density at radius 3 is 2.53 bits per heavy atom. The molecule has 1 nitrogen and oxygen atoms in total. The number of rotatable bonds is 3.